The lowest BCUT2D eigenvalue weighted by molar-refractivity contribution is 0.0240. The fraction of sp³-hybridized carbons (Fsp3) is 0.393. The van der Waals surface area contributed by atoms with Gasteiger partial charge in [0.05, 0.1) is 5.69 Å². The number of aromatic nitrogens is 2. The smallest absolute Gasteiger partial charge is 0.410 e. The van der Waals surface area contributed by atoms with Crippen LogP contribution in [0.4, 0.5) is 16.6 Å². The largest absolute Gasteiger partial charge is 0.489 e. The van der Waals surface area contributed by atoms with Crippen LogP contribution in [0.25, 0.3) is 11.3 Å². The van der Waals surface area contributed by atoms with E-state index >= 15 is 0 Å². The van der Waals surface area contributed by atoms with Gasteiger partial charge in [0.2, 0.25) is 5.95 Å². The van der Waals surface area contributed by atoms with E-state index in [0.717, 1.165) is 46.8 Å². The molecule has 37 heavy (non-hydrogen) atoms. The standard InChI is InChI=1S/C28H32ClN5O3/c1-28(2,3)37-27(35)34-14-12-33(13-15-34)25-23-10-6-19-16-21(36-17-18-4-7-20(29)8-5-18)9-11-22(19)24(23)31-26(30)32-25/h4-5,7-9,11,16H,6,10,12-15,17H2,1-3H3,(H2,30,31,32). The third-order valence-electron chi connectivity index (χ3n) is 6.53. The van der Waals surface area contributed by atoms with Crippen molar-refractivity contribution in [3.8, 4) is 17.0 Å². The van der Waals surface area contributed by atoms with Crippen LogP contribution in [-0.2, 0) is 24.2 Å². The number of nitrogen functional groups attached to an aromatic ring is 1. The molecule has 5 rings (SSSR count). The summed E-state index contributed by atoms with van der Waals surface area (Å²) in [4.78, 5) is 25.7. The number of hydrogen-bond acceptors (Lipinski definition) is 7. The molecule has 2 N–H and O–H groups in total. The fourth-order valence-electron chi connectivity index (χ4n) is 4.74. The zero-order valence-corrected chi connectivity index (χ0v) is 22.2. The molecular weight excluding hydrogens is 490 g/mol. The Bertz CT molecular complexity index is 1300. The van der Waals surface area contributed by atoms with E-state index in [9.17, 15) is 4.79 Å². The Kier molecular flexibility index (Phi) is 6.86. The van der Waals surface area contributed by atoms with Gasteiger partial charge in [-0.2, -0.15) is 4.98 Å². The molecule has 1 aromatic heterocycles. The Morgan fingerprint density at radius 3 is 2.46 bits per heavy atom. The predicted octanol–water partition coefficient (Wildman–Crippen LogP) is 5.11. The van der Waals surface area contributed by atoms with Crippen LogP contribution < -0.4 is 15.4 Å². The van der Waals surface area contributed by atoms with Crippen LogP contribution in [-0.4, -0.2) is 52.7 Å². The molecule has 194 valence electrons. The summed E-state index contributed by atoms with van der Waals surface area (Å²) < 4.78 is 11.6. The summed E-state index contributed by atoms with van der Waals surface area (Å²) >= 11 is 5.98. The molecule has 3 aromatic rings. The number of anilines is 2. The first-order valence-electron chi connectivity index (χ1n) is 12.6. The molecule has 0 atom stereocenters. The molecule has 0 unspecified atom stereocenters. The fourth-order valence-corrected chi connectivity index (χ4v) is 4.86. The molecule has 0 radical (unpaired) electrons. The second kappa shape index (κ2) is 10.1. The van der Waals surface area contributed by atoms with Crippen LogP contribution in [0.1, 0.15) is 37.5 Å². The van der Waals surface area contributed by atoms with Crippen LogP contribution in [0.3, 0.4) is 0 Å². The molecule has 0 saturated carbocycles. The van der Waals surface area contributed by atoms with Crippen LogP contribution in [0.2, 0.25) is 5.02 Å². The number of fused-ring (bicyclic) bond motifs is 3. The normalized spacial score (nSPS) is 15.1. The molecule has 1 aliphatic heterocycles. The van der Waals surface area contributed by atoms with E-state index in [0.29, 0.717) is 37.8 Å². The van der Waals surface area contributed by atoms with Crippen molar-refractivity contribution in [3.05, 3.63) is 64.2 Å². The van der Waals surface area contributed by atoms with Crippen molar-refractivity contribution in [2.24, 2.45) is 0 Å². The summed E-state index contributed by atoms with van der Waals surface area (Å²) in [6, 6.07) is 13.8. The maximum atomic E-state index is 12.5. The first-order valence-corrected chi connectivity index (χ1v) is 12.9. The van der Waals surface area contributed by atoms with Gasteiger partial charge in [0.1, 0.15) is 23.8 Å². The molecule has 2 aliphatic rings. The first kappa shape index (κ1) is 25.1. The maximum Gasteiger partial charge on any atom is 0.410 e. The van der Waals surface area contributed by atoms with Gasteiger partial charge in [-0.1, -0.05) is 23.7 Å². The SMILES string of the molecule is CC(C)(C)OC(=O)N1CCN(c2nc(N)nc3c2CCc2cc(OCc4ccc(Cl)cc4)ccc2-3)CC1. The molecule has 1 aliphatic carbocycles. The highest BCUT2D eigenvalue weighted by atomic mass is 35.5. The molecule has 2 heterocycles. The molecule has 1 saturated heterocycles. The minimum Gasteiger partial charge on any atom is -0.489 e. The number of aryl methyl sites for hydroxylation is 1. The van der Waals surface area contributed by atoms with Crippen molar-refractivity contribution in [1.29, 1.82) is 0 Å². The number of nitrogens with two attached hydrogens (primary N) is 1. The van der Waals surface area contributed by atoms with Crippen molar-refractivity contribution in [1.82, 2.24) is 14.9 Å². The van der Waals surface area contributed by atoms with E-state index < -0.39 is 5.60 Å². The molecular formula is C28H32ClN5O3. The number of nitrogens with zero attached hydrogens (tertiary/aromatic N) is 4. The minimum absolute atomic E-state index is 0.249. The summed E-state index contributed by atoms with van der Waals surface area (Å²) in [7, 11) is 0. The molecule has 1 fully saturated rings. The minimum atomic E-state index is -0.511. The van der Waals surface area contributed by atoms with E-state index in [4.69, 9.17) is 26.8 Å². The highest BCUT2D eigenvalue weighted by molar-refractivity contribution is 6.30. The van der Waals surface area contributed by atoms with Crippen molar-refractivity contribution in [2.45, 2.75) is 45.8 Å². The molecule has 8 nitrogen and oxygen atoms in total. The van der Waals surface area contributed by atoms with Gasteiger partial charge in [-0.05, 0) is 75.1 Å². The monoisotopic (exact) mass is 521 g/mol. The number of benzene rings is 2. The number of carbonyl (C=O) groups excluding carboxylic acids is 1. The van der Waals surface area contributed by atoms with E-state index in [1.54, 1.807) is 4.90 Å². The first-order chi connectivity index (χ1) is 17.7. The van der Waals surface area contributed by atoms with Gasteiger partial charge in [-0.3, -0.25) is 0 Å². The summed E-state index contributed by atoms with van der Waals surface area (Å²) in [6.07, 6.45) is 1.39. The van der Waals surface area contributed by atoms with E-state index in [-0.39, 0.29) is 12.0 Å². The van der Waals surface area contributed by atoms with Gasteiger partial charge in [0.25, 0.3) is 0 Å². The number of hydrogen-bond donors (Lipinski definition) is 1. The second-order valence-electron chi connectivity index (χ2n) is 10.4. The Balaban J connectivity index is 1.32. The lowest BCUT2D eigenvalue weighted by Gasteiger charge is -2.37. The predicted molar refractivity (Wildman–Crippen MR) is 145 cm³/mol. The van der Waals surface area contributed by atoms with Crippen molar-refractivity contribution in [3.63, 3.8) is 0 Å². The number of halogens is 1. The third kappa shape index (κ3) is 5.74. The van der Waals surface area contributed by atoms with Gasteiger partial charge >= 0.3 is 6.09 Å². The van der Waals surface area contributed by atoms with Gasteiger partial charge in [-0.15, -0.1) is 0 Å². The van der Waals surface area contributed by atoms with Crippen molar-refractivity contribution >= 4 is 29.5 Å². The number of carbonyl (C=O) groups is 1. The van der Waals surface area contributed by atoms with Gasteiger partial charge in [0, 0.05) is 42.3 Å². The van der Waals surface area contributed by atoms with Gasteiger partial charge < -0.3 is 25.0 Å². The molecule has 2 aromatic carbocycles. The van der Waals surface area contributed by atoms with E-state index in [1.165, 1.54) is 5.56 Å². The number of rotatable bonds is 4. The summed E-state index contributed by atoms with van der Waals surface area (Å²) in [5.74, 6) is 1.93. The highest BCUT2D eigenvalue weighted by Gasteiger charge is 2.30. The lowest BCUT2D eigenvalue weighted by atomic mass is 9.88. The van der Waals surface area contributed by atoms with Crippen molar-refractivity contribution < 1.29 is 14.3 Å². The Morgan fingerprint density at radius 2 is 1.76 bits per heavy atom. The number of piperazine rings is 1. The van der Waals surface area contributed by atoms with Crippen LogP contribution >= 0.6 is 11.6 Å². The molecule has 1 amide bonds. The third-order valence-corrected chi connectivity index (χ3v) is 6.78. The van der Waals surface area contributed by atoms with Crippen LogP contribution in [0, 0.1) is 0 Å². The summed E-state index contributed by atoms with van der Waals surface area (Å²) in [5, 5.41) is 0.710. The zero-order valence-electron chi connectivity index (χ0n) is 21.5. The highest BCUT2D eigenvalue weighted by Crippen LogP contribution is 2.38. The van der Waals surface area contributed by atoms with Gasteiger partial charge in [-0.25, -0.2) is 9.78 Å². The number of amides is 1. The lowest BCUT2D eigenvalue weighted by Crippen LogP contribution is -2.50. The average molecular weight is 522 g/mol. The Hall–Kier alpha value is -3.52. The van der Waals surface area contributed by atoms with Crippen molar-refractivity contribution in [2.75, 3.05) is 36.8 Å². The summed E-state index contributed by atoms with van der Waals surface area (Å²) in [5.41, 5.74) is 10.9. The quantitative estimate of drug-likeness (QED) is 0.509. The average Bonchev–Trinajstić information content (AvgIpc) is 2.86. The Morgan fingerprint density at radius 1 is 1.03 bits per heavy atom. The van der Waals surface area contributed by atoms with Gasteiger partial charge in [0.15, 0.2) is 0 Å². The Labute approximate surface area is 222 Å². The van der Waals surface area contributed by atoms with Crippen LogP contribution in [0.5, 0.6) is 5.75 Å². The summed E-state index contributed by atoms with van der Waals surface area (Å²) in [6.45, 7) is 8.56. The van der Waals surface area contributed by atoms with E-state index in [2.05, 4.69) is 27.0 Å². The van der Waals surface area contributed by atoms with E-state index in [1.807, 2.05) is 51.1 Å². The second-order valence-corrected chi connectivity index (χ2v) is 10.9. The molecule has 0 bridgehead atoms. The number of ether oxygens (including phenoxy) is 2. The topological polar surface area (TPSA) is 93.8 Å². The van der Waals surface area contributed by atoms with Crippen LogP contribution in [0.15, 0.2) is 42.5 Å². The molecule has 0 spiro atoms. The maximum absolute atomic E-state index is 12.5. The zero-order chi connectivity index (χ0) is 26.2. The molecule has 9 heteroatoms.